The molecule has 3 heterocycles. The lowest BCUT2D eigenvalue weighted by Gasteiger charge is -2.13. The van der Waals surface area contributed by atoms with E-state index in [1.807, 2.05) is 47.1 Å². The third-order valence-corrected chi connectivity index (χ3v) is 4.72. The van der Waals surface area contributed by atoms with Crippen molar-refractivity contribution in [3.63, 3.8) is 0 Å². The Labute approximate surface area is 150 Å². The molecule has 0 radical (unpaired) electrons. The predicted octanol–water partition coefficient (Wildman–Crippen LogP) is 2.59. The second kappa shape index (κ2) is 6.51. The molecular weight excluding hydrogens is 330 g/mol. The second-order valence-corrected chi connectivity index (χ2v) is 6.36. The average molecular weight is 349 g/mol. The van der Waals surface area contributed by atoms with E-state index in [2.05, 4.69) is 20.9 Å². The average Bonchev–Trinajstić information content (AvgIpc) is 3.39. The maximum atomic E-state index is 5.58. The molecule has 132 valence electrons. The van der Waals surface area contributed by atoms with Crippen LogP contribution in [0, 0.1) is 0 Å². The number of benzene rings is 2. The van der Waals surface area contributed by atoms with Crippen molar-refractivity contribution < 1.29 is 9.47 Å². The van der Waals surface area contributed by atoms with Crippen LogP contribution in [0.2, 0.25) is 0 Å². The van der Waals surface area contributed by atoms with E-state index >= 15 is 0 Å². The van der Waals surface area contributed by atoms with E-state index < -0.39 is 0 Å². The summed E-state index contributed by atoms with van der Waals surface area (Å²) >= 11 is 0. The fourth-order valence-electron chi connectivity index (χ4n) is 3.47. The lowest BCUT2D eigenvalue weighted by Crippen LogP contribution is -2.15. The Morgan fingerprint density at radius 2 is 1.65 bits per heavy atom. The minimum absolute atomic E-state index is 0.129. The summed E-state index contributed by atoms with van der Waals surface area (Å²) in [5, 5.41) is 8.55. The number of para-hydroxylation sites is 3. The van der Waals surface area contributed by atoms with Gasteiger partial charge in [-0.05, 0) is 24.3 Å². The summed E-state index contributed by atoms with van der Waals surface area (Å²) < 4.78 is 15.3. The number of hydrogen-bond acceptors (Lipinski definition) is 5. The van der Waals surface area contributed by atoms with Crippen LogP contribution in [0.5, 0.6) is 0 Å². The van der Waals surface area contributed by atoms with Crippen molar-refractivity contribution in [1.82, 2.24) is 24.5 Å². The van der Waals surface area contributed by atoms with Crippen LogP contribution < -0.4 is 0 Å². The van der Waals surface area contributed by atoms with Gasteiger partial charge in [0.05, 0.1) is 29.8 Å². The van der Waals surface area contributed by atoms with Gasteiger partial charge in [0.1, 0.15) is 17.9 Å². The molecular formula is C19H19N5O2. The molecule has 0 unspecified atom stereocenters. The van der Waals surface area contributed by atoms with E-state index in [1.54, 1.807) is 0 Å². The fourth-order valence-corrected chi connectivity index (χ4v) is 3.47. The monoisotopic (exact) mass is 349 g/mol. The second-order valence-electron chi connectivity index (χ2n) is 6.36. The zero-order chi connectivity index (χ0) is 17.3. The van der Waals surface area contributed by atoms with Crippen LogP contribution in [0.25, 0.3) is 22.1 Å². The van der Waals surface area contributed by atoms with Crippen LogP contribution in [0.4, 0.5) is 0 Å². The maximum absolute atomic E-state index is 5.58. The highest BCUT2D eigenvalue weighted by Crippen LogP contribution is 2.20. The number of ether oxygens (including phenoxy) is 2. The third-order valence-electron chi connectivity index (χ3n) is 4.72. The fraction of sp³-hybridized carbons (Fsp3) is 0.316. The Morgan fingerprint density at radius 3 is 2.50 bits per heavy atom. The summed E-state index contributed by atoms with van der Waals surface area (Å²) in [6.07, 6.45) is 0.669. The van der Waals surface area contributed by atoms with Gasteiger partial charge in [-0.25, -0.2) is 9.67 Å². The first-order valence-electron chi connectivity index (χ1n) is 8.84. The molecule has 2 aromatic heterocycles. The van der Waals surface area contributed by atoms with E-state index in [0.717, 1.165) is 40.9 Å². The van der Waals surface area contributed by atoms with Crippen molar-refractivity contribution in [2.75, 3.05) is 13.2 Å². The first kappa shape index (κ1) is 15.5. The van der Waals surface area contributed by atoms with Crippen LogP contribution in [-0.4, -0.2) is 44.0 Å². The van der Waals surface area contributed by atoms with Crippen molar-refractivity contribution in [3.8, 4) is 0 Å². The molecule has 5 rings (SSSR count). The number of hydrogen-bond donors (Lipinski definition) is 0. The third kappa shape index (κ3) is 2.75. The molecule has 0 amide bonds. The molecule has 1 saturated heterocycles. The molecule has 0 bridgehead atoms. The van der Waals surface area contributed by atoms with E-state index in [4.69, 9.17) is 14.5 Å². The van der Waals surface area contributed by atoms with E-state index in [-0.39, 0.29) is 6.29 Å². The Balaban J connectivity index is 1.50. The molecule has 0 atom stereocenters. The molecule has 0 aliphatic carbocycles. The van der Waals surface area contributed by atoms with Crippen molar-refractivity contribution in [1.29, 1.82) is 0 Å². The summed E-state index contributed by atoms with van der Waals surface area (Å²) in [5.41, 5.74) is 4.00. The van der Waals surface area contributed by atoms with E-state index in [1.165, 1.54) is 0 Å². The highest BCUT2D eigenvalue weighted by molar-refractivity contribution is 5.76. The van der Waals surface area contributed by atoms with Crippen LogP contribution in [0.15, 0.2) is 48.5 Å². The Morgan fingerprint density at radius 1 is 0.923 bits per heavy atom. The van der Waals surface area contributed by atoms with Gasteiger partial charge in [0.25, 0.3) is 0 Å². The van der Waals surface area contributed by atoms with Crippen molar-refractivity contribution >= 4 is 22.1 Å². The van der Waals surface area contributed by atoms with Crippen molar-refractivity contribution in [2.24, 2.45) is 0 Å². The van der Waals surface area contributed by atoms with Crippen molar-refractivity contribution in [3.05, 3.63) is 54.4 Å². The number of aromatic nitrogens is 5. The zero-order valence-corrected chi connectivity index (χ0v) is 14.3. The Kier molecular flexibility index (Phi) is 3.88. The number of rotatable bonds is 5. The van der Waals surface area contributed by atoms with E-state index in [0.29, 0.717) is 19.8 Å². The van der Waals surface area contributed by atoms with Gasteiger partial charge in [-0.1, -0.05) is 29.5 Å². The van der Waals surface area contributed by atoms with Crippen LogP contribution in [0.1, 0.15) is 12.2 Å². The Bertz CT molecular complexity index is 1050. The molecule has 1 fully saturated rings. The molecule has 1 aliphatic rings. The molecule has 0 saturated carbocycles. The first-order chi connectivity index (χ1) is 12.9. The molecule has 26 heavy (non-hydrogen) atoms. The lowest BCUT2D eigenvalue weighted by atomic mass is 10.3. The predicted molar refractivity (Wildman–Crippen MR) is 96.7 cm³/mol. The minimum atomic E-state index is -0.129. The summed E-state index contributed by atoms with van der Waals surface area (Å²) in [6.45, 7) is 2.70. The molecule has 1 aliphatic heterocycles. The van der Waals surface area contributed by atoms with Gasteiger partial charge in [0, 0.05) is 13.0 Å². The smallest absolute Gasteiger partial charge is 0.159 e. The molecule has 7 nitrogen and oxygen atoms in total. The zero-order valence-electron chi connectivity index (χ0n) is 14.3. The highest BCUT2D eigenvalue weighted by Gasteiger charge is 2.18. The standard InChI is InChI=1S/C19H19N5O2/c1-3-7-16-14(5-1)20-18(23(16)10-9-19-25-11-12-26-19)13-24-17-8-4-2-6-15(17)21-22-24/h1-8,19H,9-13H2. The Hall–Kier alpha value is -2.77. The van der Waals surface area contributed by atoms with Gasteiger partial charge in [0.15, 0.2) is 6.29 Å². The number of imidazole rings is 1. The number of aryl methyl sites for hydroxylation is 1. The van der Waals surface area contributed by atoms with Gasteiger partial charge < -0.3 is 14.0 Å². The number of fused-ring (bicyclic) bond motifs is 2. The lowest BCUT2D eigenvalue weighted by molar-refractivity contribution is -0.0490. The van der Waals surface area contributed by atoms with Gasteiger partial charge >= 0.3 is 0 Å². The summed E-state index contributed by atoms with van der Waals surface area (Å²) in [5.74, 6) is 0.958. The summed E-state index contributed by atoms with van der Waals surface area (Å²) in [4.78, 5) is 4.83. The molecule has 7 heteroatoms. The van der Waals surface area contributed by atoms with Gasteiger partial charge in [-0.3, -0.25) is 0 Å². The summed E-state index contributed by atoms with van der Waals surface area (Å²) in [7, 11) is 0. The van der Waals surface area contributed by atoms with Gasteiger partial charge in [0.2, 0.25) is 0 Å². The molecule has 0 N–H and O–H groups in total. The number of nitrogens with zero attached hydrogens (tertiary/aromatic N) is 5. The molecule has 0 spiro atoms. The highest BCUT2D eigenvalue weighted by atomic mass is 16.7. The SMILES string of the molecule is c1ccc2c(c1)nnn2Cc1nc2ccccc2n1CCC1OCCO1. The maximum Gasteiger partial charge on any atom is 0.159 e. The minimum Gasteiger partial charge on any atom is -0.350 e. The van der Waals surface area contributed by atoms with Crippen LogP contribution in [-0.2, 0) is 22.6 Å². The van der Waals surface area contributed by atoms with Crippen LogP contribution >= 0.6 is 0 Å². The normalized spacial score (nSPS) is 15.4. The molecule has 4 aromatic rings. The van der Waals surface area contributed by atoms with E-state index in [9.17, 15) is 0 Å². The van der Waals surface area contributed by atoms with Crippen molar-refractivity contribution in [2.45, 2.75) is 25.8 Å². The first-order valence-corrected chi connectivity index (χ1v) is 8.84. The summed E-state index contributed by atoms with van der Waals surface area (Å²) in [6, 6.07) is 16.2. The quantitative estimate of drug-likeness (QED) is 0.554. The topological polar surface area (TPSA) is 67.0 Å². The van der Waals surface area contributed by atoms with Gasteiger partial charge in [-0.15, -0.1) is 5.10 Å². The van der Waals surface area contributed by atoms with Crippen LogP contribution in [0.3, 0.4) is 0 Å². The molecule has 2 aromatic carbocycles. The van der Waals surface area contributed by atoms with Gasteiger partial charge in [-0.2, -0.15) is 0 Å². The largest absolute Gasteiger partial charge is 0.350 e.